The number of rotatable bonds is 3. The fourth-order valence-corrected chi connectivity index (χ4v) is 2.83. The largest absolute Gasteiger partial charge is 0.381 e. The van der Waals surface area contributed by atoms with Gasteiger partial charge in [-0.1, -0.05) is 0 Å². The molecule has 0 saturated carbocycles. The highest BCUT2D eigenvalue weighted by molar-refractivity contribution is 5.56. The molecule has 1 unspecified atom stereocenters. The third-order valence-electron chi connectivity index (χ3n) is 4.12. The molecule has 1 fully saturated rings. The second-order valence-corrected chi connectivity index (χ2v) is 5.62. The number of nitrogens with one attached hydrogen (secondary N) is 1. The van der Waals surface area contributed by atoms with E-state index in [1.165, 1.54) is 6.07 Å². The summed E-state index contributed by atoms with van der Waals surface area (Å²) in [6.45, 7) is 5.62. The summed E-state index contributed by atoms with van der Waals surface area (Å²) in [5, 5.41) is 4.45. The van der Waals surface area contributed by atoms with Gasteiger partial charge in [-0.05, 0) is 32.6 Å². The molecule has 3 rings (SSSR count). The van der Waals surface area contributed by atoms with Crippen molar-refractivity contribution in [3.8, 4) is 11.3 Å². The molecule has 2 aromatic rings. The van der Waals surface area contributed by atoms with Gasteiger partial charge in [0.05, 0.1) is 17.9 Å². The molecular weight excluding hydrogens is 268 g/mol. The van der Waals surface area contributed by atoms with Crippen molar-refractivity contribution in [3.05, 3.63) is 34.6 Å². The summed E-state index contributed by atoms with van der Waals surface area (Å²) in [7, 11) is 0. The van der Waals surface area contributed by atoms with E-state index in [2.05, 4.69) is 22.0 Å². The topological polar surface area (TPSA) is 72.8 Å². The number of hydrogen-bond donors (Lipinski definition) is 1. The first-order valence-electron chi connectivity index (χ1n) is 7.34. The molecule has 1 atom stereocenters. The molecular formula is C15H20N4O2. The van der Waals surface area contributed by atoms with Crippen LogP contribution >= 0.6 is 0 Å². The molecule has 112 valence electrons. The van der Waals surface area contributed by atoms with Crippen LogP contribution in [0.25, 0.3) is 11.3 Å². The van der Waals surface area contributed by atoms with Crippen molar-refractivity contribution in [2.75, 3.05) is 13.2 Å². The van der Waals surface area contributed by atoms with Gasteiger partial charge in [-0.15, -0.1) is 0 Å². The molecule has 0 spiro atoms. The molecule has 1 N–H and O–H groups in total. The zero-order valence-electron chi connectivity index (χ0n) is 12.4. The van der Waals surface area contributed by atoms with Crippen LogP contribution in [0.15, 0.2) is 23.3 Å². The van der Waals surface area contributed by atoms with E-state index in [9.17, 15) is 4.79 Å². The lowest BCUT2D eigenvalue weighted by atomic mass is 9.93. The molecule has 21 heavy (non-hydrogen) atoms. The zero-order valence-corrected chi connectivity index (χ0v) is 12.4. The van der Waals surface area contributed by atoms with Crippen LogP contribution in [0.4, 0.5) is 0 Å². The van der Waals surface area contributed by atoms with E-state index in [-0.39, 0.29) is 5.56 Å². The van der Waals surface area contributed by atoms with Crippen LogP contribution in [0.1, 0.15) is 31.6 Å². The summed E-state index contributed by atoms with van der Waals surface area (Å²) in [6.07, 6.45) is 5.88. The molecule has 0 amide bonds. The van der Waals surface area contributed by atoms with E-state index in [4.69, 9.17) is 4.74 Å². The highest BCUT2D eigenvalue weighted by Gasteiger charge is 2.22. The number of aromatic amines is 1. The molecule has 0 aliphatic carbocycles. The summed E-state index contributed by atoms with van der Waals surface area (Å²) in [5.74, 6) is 1.20. The normalized spacial score (nSPS) is 17.8. The number of hydrogen-bond acceptors (Lipinski definition) is 4. The van der Waals surface area contributed by atoms with Gasteiger partial charge in [-0.3, -0.25) is 9.48 Å². The Morgan fingerprint density at radius 2 is 2.19 bits per heavy atom. The predicted octanol–water partition coefficient (Wildman–Crippen LogP) is 1.93. The van der Waals surface area contributed by atoms with Crippen LogP contribution < -0.4 is 5.56 Å². The summed E-state index contributed by atoms with van der Waals surface area (Å²) in [6, 6.07) is 1.83. The highest BCUT2D eigenvalue weighted by Crippen LogP contribution is 2.28. The first-order chi connectivity index (χ1) is 10.1. The minimum atomic E-state index is -0.136. The third-order valence-corrected chi connectivity index (χ3v) is 4.12. The van der Waals surface area contributed by atoms with Crippen molar-refractivity contribution in [3.63, 3.8) is 0 Å². The Morgan fingerprint density at radius 1 is 1.43 bits per heavy atom. The molecule has 1 saturated heterocycles. The fraction of sp³-hybridized carbons (Fsp3) is 0.533. The van der Waals surface area contributed by atoms with Crippen LogP contribution in [0, 0.1) is 12.8 Å². The lowest BCUT2D eigenvalue weighted by molar-refractivity contribution is 0.0496. The van der Waals surface area contributed by atoms with Crippen LogP contribution in [0.3, 0.4) is 0 Å². The van der Waals surface area contributed by atoms with Gasteiger partial charge in [0.1, 0.15) is 5.82 Å². The van der Waals surface area contributed by atoms with Crippen molar-refractivity contribution in [2.24, 2.45) is 5.92 Å². The van der Waals surface area contributed by atoms with Gasteiger partial charge in [0.15, 0.2) is 0 Å². The van der Waals surface area contributed by atoms with Crippen molar-refractivity contribution in [1.29, 1.82) is 0 Å². The van der Waals surface area contributed by atoms with Gasteiger partial charge < -0.3 is 9.72 Å². The van der Waals surface area contributed by atoms with E-state index in [1.54, 1.807) is 13.1 Å². The van der Waals surface area contributed by atoms with Gasteiger partial charge in [-0.25, -0.2) is 4.98 Å². The van der Waals surface area contributed by atoms with Gasteiger partial charge in [0.2, 0.25) is 0 Å². The summed E-state index contributed by atoms with van der Waals surface area (Å²) >= 11 is 0. The molecule has 1 aliphatic rings. The van der Waals surface area contributed by atoms with Crippen LogP contribution in [0.5, 0.6) is 0 Å². The maximum Gasteiger partial charge on any atom is 0.251 e. The Balaban J connectivity index is 1.83. The quantitative estimate of drug-likeness (QED) is 0.936. The average Bonchev–Trinajstić information content (AvgIpc) is 2.96. The summed E-state index contributed by atoms with van der Waals surface area (Å²) in [5.41, 5.74) is 1.41. The molecule has 0 bridgehead atoms. The van der Waals surface area contributed by atoms with Crippen molar-refractivity contribution < 1.29 is 4.74 Å². The Labute approximate surface area is 123 Å². The number of nitrogens with zero attached hydrogens (tertiary/aromatic N) is 3. The van der Waals surface area contributed by atoms with E-state index < -0.39 is 0 Å². The Bertz CT molecular complexity index is 670. The molecule has 3 heterocycles. The van der Waals surface area contributed by atoms with Gasteiger partial charge in [-0.2, -0.15) is 5.10 Å². The average molecular weight is 288 g/mol. The molecule has 0 aromatic carbocycles. The first kappa shape index (κ1) is 14.0. The molecule has 6 heteroatoms. The monoisotopic (exact) mass is 288 g/mol. The molecule has 1 aliphatic heterocycles. The van der Waals surface area contributed by atoms with Gasteiger partial charge in [0.25, 0.3) is 5.56 Å². The molecule has 2 aromatic heterocycles. The third kappa shape index (κ3) is 3.05. The maximum atomic E-state index is 11.5. The second-order valence-electron chi connectivity index (χ2n) is 5.62. The number of aromatic nitrogens is 4. The van der Waals surface area contributed by atoms with E-state index in [0.717, 1.165) is 31.6 Å². The number of aryl methyl sites for hydroxylation is 1. The SMILES string of the molecule is Cc1nc(-c2cnn(C(C)C3CCOCC3)c2)cc(=O)[nH]1. The summed E-state index contributed by atoms with van der Waals surface area (Å²) < 4.78 is 7.38. The Kier molecular flexibility index (Phi) is 3.88. The molecule has 6 nitrogen and oxygen atoms in total. The second kappa shape index (κ2) is 5.81. The van der Waals surface area contributed by atoms with Crippen LogP contribution in [0.2, 0.25) is 0 Å². The van der Waals surface area contributed by atoms with Crippen molar-refractivity contribution in [1.82, 2.24) is 19.7 Å². The lowest BCUT2D eigenvalue weighted by Gasteiger charge is -2.27. The Hall–Kier alpha value is -1.95. The number of ether oxygens (including phenoxy) is 1. The van der Waals surface area contributed by atoms with Crippen LogP contribution in [-0.4, -0.2) is 33.0 Å². The van der Waals surface area contributed by atoms with Gasteiger partial charge in [0, 0.05) is 31.0 Å². The Morgan fingerprint density at radius 3 is 2.90 bits per heavy atom. The fourth-order valence-electron chi connectivity index (χ4n) is 2.83. The van der Waals surface area contributed by atoms with Crippen molar-refractivity contribution in [2.45, 2.75) is 32.7 Å². The zero-order chi connectivity index (χ0) is 14.8. The highest BCUT2D eigenvalue weighted by atomic mass is 16.5. The first-order valence-corrected chi connectivity index (χ1v) is 7.34. The van der Waals surface area contributed by atoms with E-state index in [1.807, 2.05) is 10.9 Å². The standard InChI is InChI=1S/C15H20N4O2/c1-10(12-3-5-21-6-4-12)19-9-13(8-16-19)14-7-15(20)18-11(2)17-14/h7-10,12H,3-6H2,1-2H3,(H,17,18,20). The van der Waals surface area contributed by atoms with E-state index >= 15 is 0 Å². The lowest BCUT2D eigenvalue weighted by Crippen LogP contribution is -2.24. The summed E-state index contributed by atoms with van der Waals surface area (Å²) in [4.78, 5) is 18.6. The number of H-pyrrole nitrogens is 1. The van der Waals surface area contributed by atoms with Gasteiger partial charge >= 0.3 is 0 Å². The smallest absolute Gasteiger partial charge is 0.251 e. The minimum absolute atomic E-state index is 0.136. The molecule has 0 radical (unpaired) electrons. The predicted molar refractivity (Wildman–Crippen MR) is 79.1 cm³/mol. The van der Waals surface area contributed by atoms with Crippen LogP contribution in [-0.2, 0) is 4.74 Å². The maximum absolute atomic E-state index is 11.5. The van der Waals surface area contributed by atoms with E-state index in [0.29, 0.717) is 23.5 Å². The minimum Gasteiger partial charge on any atom is -0.381 e. The van der Waals surface area contributed by atoms with Crippen molar-refractivity contribution >= 4 is 0 Å².